The standard InChI is InChI=1S/C13H15N3O2S/c1-15-7-8-16(13(18)12(15)17)9-11-5-4-10(19-11)3-2-6-14/h4-5H,6-9,14H2,1H3. The Hall–Kier alpha value is -1.84. The van der Waals surface area contributed by atoms with Gasteiger partial charge in [0.1, 0.15) is 0 Å². The molecule has 100 valence electrons. The number of nitrogens with zero attached hydrogens (tertiary/aromatic N) is 2. The quantitative estimate of drug-likeness (QED) is 0.604. The van der Waals surface area contributed by atoms with E-state index in [9.17, 15) is 9.59 Å². The number of nitrogens with two attached hydrogens (primary N) is 1. The van der Waals surface area contributed by atoms with Gasteiger partial charge in [0.15, 0.2) is 0 Å². The lowest BCUT2D eigenvalue weighted by Gasteiger charge is -2.31. The molecule has 2 rings (SSSR count). The van der Waals surface area contributed by atoms with Crippen LogP contribution in [-0.2, 0) is 16.1 Å². The maximum atomic E-state index is 11.8. The van der Waals surface area contributed by atoms with Crippen LogP contribution in [0.2, 0.25) is 0 Å². The maximum absolute atomic E-state index is 11.8. The van der Waals surface area contributed by atoms with Gasteiger partial charge in [-0.25, -0.2) is 0 Å². The molecule has 0 spiro atoms. The average molecular weight is 277 g/mol. The third-order valence-corrected chi connectivity index (χ3v) is 3.83. The molecular weight excluding hydrogens is 262 g/mol. The number of hydrogen-bond acceptors (Lipinski definition) is 4. The molecule has 2 heterocycles. The molecule has 0 radical (unpaired) electrons. The molecule has 0 atom stereocenters. The summed E-state index contributed by atoms with van der Waals surface area (Å²) in [5.41, 5.74) is 5.32. The van der Waals surface area contributed by atoms with E-state index in [-0.39, 0.29) is 0 Å². The van der Waals surface area contributed by atoms with Gasteiger partial charge in [0, 0.05) is 25.0 Å². The minimum Gasteiger partial charge on any atom is -0.336 e. The zero-order chi connectivity index (χ0) is 13.8. The van der Waals surface area contributed by atoms with Gasteiger partial charge < -0.3 is 15.5 Å². The van der Waals surface area contributed by atoms with Crippen molar-refractivity contribution in [2.24, 2.45) is 5.73 Å². The second kappa shape index (κ2) is 5.87. The van der Waals surface area contributed by atoms with Gasteiger partial charge in [-0.1, -0.05) is 11.8 Å². The summed E-state index contributed by atoms with van der Waals surface area (Å²) >= 11 is 1.52. The highest BCUT2D eigenvalue weighted by atomic mass is 32.1. The van der Waals surface area contributed by atoms with E-state index in [1.165, 1.54) is 16.2 Å². The van der Waals surface area contributed by atoms with Crippen molar-refractivity contribution in [2.45, 2.75) is 6.54 Å². The van der Waals surface area contributed by atoms with Crippen LogP contribution in [0.5, 0.6) is 0 Å². The zero-order valence-electron chi connectivity index (χ0n) is 10.7. The van der Waals surface area contributed by atoms with E-state index in [0.717, 1.165) is 9.75 Å². The molecule has 1 fully saturated rings. The lowest BCUT2D eigenvalue weighted by atomic mass is 10.3. The Morgan fingerprint density at radius 3 is 2.84 bits per heavy atom. The monoisotopic (exact) mass is 277 g/mol. The van der Waals surface area contributed by atoms with E-state index in [2.05, 4.69) is 11.8 Å². The fourth-order valence-electron chi connectivity index (χ4n) is 1.78. The van der Waals surface area contributed by atoms with Crippen LogP contribution < -0.4 is 5.73 Å². The summed E-state index contributed by atoms with van der Waals surface area (Å²) in [6.07, 6.45) is 0. The topological polar surface area (TPSA) is 66.6 Å². The van der Waals surface area contributed by atoms with Crippen LogP contribution >= 0.6 is 11.3 Å². The first-order valence-corrected chi connectivity index (χ1v) is 6.75. The van der Waals surface area contributed by atoms with E-state index < -0.39 is 11.8 Å². The summed E-state index contributed by atoms with van der Waals surface area (Å²) < 4.78 is 0. The molecule has 19 heavy (non-hydrogen) atoms. The largest absolute Gasteiger partial charge is 0.336 e. The van der Waals surface area contributed by atoms with Crippen molar-refractivity contribution < 1.29 is 9.59 Å². The smallest absolute Gasteiger partial charge is 0.312 e. The van der Waals surface area contributed by atoms with Crippen LogP contribution in [0, 0.1) is 11.8 Å². The van der Waals surface area contributed by atoms with Gasteiger partial charge in [-0.15, -0.1) is 11.3 Å². The van der Waals surface area contributed by atoms with Gasteiger partial charge in [-0.2, -0.15) is 0 Å². The summed E-state index contributed by atoms with van der Waals surface area (Å²) in [6.45, 7) is 1.95. The normalized spacial score (nSPS) is 15.5. The summed E-state index contributed by atoms with van der Waals surface area (Å²) in [6, 6.07) is 3.84. The van der Waals surface area contributed by atoms with Crippen LogP contribution in [0.25, 0.3) is 0 Å². The summed E-state index contributed by atoms with van der Waals surface area (Å²) in [5, 5.41) is 0. The number of thiophene rings is 1. The Bertz CT molecular complexity index is 556. The number of carbonyl (C=O) groups excluding carboxylic acids is 2. The lowest BCUT2D eigenvalue weighted by molar-refractivity contribution is -0.155. The van der Waals surface area contributed by atoms with Crippen molar-refractivity contribution >= 4 is 23.2 Å². The van der Waals surface area contributed by atoms with Gasteiger partial charge >= 0.3 is 11.8 Å². The highest BCUT2D eigenvalue weighted by Gasteiger charge is 2.30. The first-order chi connectivity index (χ1) is 9.11. The molecule has 2 amide bonds. The number of amides is 2. The molecule has 5 nitrogen and oxygen atoms in total. The predicted octanol–water partition coefficient (Wildman–Crippen LogP) is -0.141. The van der Waals surface area contributed by atoms with Crippen molar-refractivity contribution in [1.82, 2.24) is 9.80 Å². The van der Waals surface area contributed by atoms with Crippen LogP contribution in [-0.4, -0.2) is 48.3 Å². The Kier molecular flexibility index (Phi) is 4.20. The van der Waals surface area contributed by atoms with Gasteiger partial charge in [0.25, 0.3) is 0 Å². The van der Waals surface area contributed by atoms with E-state index in [4.69, 9.17) is 5.73 Å². The minimum absolute atomic E-state index is 0.332. The number of carbonyl (C=O) groups is 2. The number of likely N-dealkylation sites (N-methyl/N-ethyl adjacent to an activating group) is 1. The van der Waals surface area contributed by atoms with Crippen LogP contribution in [0.15, 0.2) is 12.1 Å². The Morgan fingerprint density at radius 1 is 1.32 bits per heavy atom. The van der Waals surface area contributed by atoms with Crippen LogP contribution in [0.3, 0.4) is 0 Å². The molecule has 0 bridgehead atoms. The number of hydrogen-bond donors (Lipinski definition) is 1. The molecule has 1 aromatic heterocycles. The maximum Gasteiger partial charge on any atom is 0.312 e. The van der Waals surface area contributed by atoms with Gasteiger partial charge in [-0.3, -0.25) is 9.59 Å². The average Bonchev–Trinajstić information content (AvgIpc) is 2.85. The van der Waals surface area contributed by atoms with E-state index in [0.29, 0.717) is 26.2 Å². The molecular formula is C13H15N3O2S. The highest BCUT2D eigenvalue weighted by Crippen LogP contribution is 2.18. The highest BCUT2D eigenvalue weighted by molar-refractivity contribution is 7.12. The van der Waals surface area contributed by atoms with E-state index in [1.807, 2.05) is 12.1 Å². The lowest BCUT2D eigenvalue weighted by Crippen LogP contribution is -2.52. The first kappa shape index (κ1) is 13.6. The molecule has 2 N–H and O–H groups in total. The second-order valence-electron chi connectivity index (χ2n) is 4.23. The Balaban J connectivity index is 2.03. The third-order valence-electron chi connectivity index (χ3n) is 2.84. The summed E-state index contributed by atoms with van der Waals surface area (Å²) in [5.74, 6) is 4.87. The second-order valence-corrected chi connectivity index (χ2v) is 5.39. The van der Waals surface area contributed by atoms with Crippen molar-refractivity contribution in [3.8, 4) is 11.8 Å². The predicted molar refractivity (Wildman–Crippen MR) is 73.3 cm³/mol. The Morgan fingerprint density at radius 2 is 2.11 bits per heavy atom. The van der Waals surface area contributed by atoms with Crippen LogP contribution in [0.1, 0.15) is 9.75 Å². The SMILES string of the molecule is CN1CCN(Cc2ccc(C#CCN)s2)C(=O)C1=O. The van der Waals surface area contributed by atoms with Gasteiger partial charge in [0.05, 0.1) is 18.0 Å². The zero-order valence-corrected chi connectivity index (χ0v) is 11.5. The van der Waals surface area contributed by atoms with Gasteiger partial charge in [-0.05, 0) is 12.1 Å². The van der Waals surface area contributed by atoms with Gasteiger partial charge in [0.2, 0.25) is 0 Å². The molecule has 0 aromatic carbocycles. The molecule has 1 aromatic rings. The van der Waals surface area contributed by atoms with Crippen molar-refractivity contribution in [1.29, 1.82) is 0 Å². The summed E-state index contributed by atoms with van der Waals surface area (Å²) in [7, 11) is 1.64. The first-order valence-electron chi connectivity index (χ1n) is 5.94. The van der Waals surface area contributed by atoms with Crippen molar-refractivity contribution in [3.63, 3.8) is 0 Å². The minimum atomic E-state index is -0.439. The number of rotatable bonds is 2. The third kappa shape index (κ3) is 3.13. The molecule has 1 saturated heterocycles. The molecule has 0 aliphatic carbocycles. The number of piperazine rings is 1. The fraction of sp³-hybridized carbons (Fsp3) is 0.385. The Labute approximate surface area is 116 Å². The molecule has 1 aliphatic rings. The fourth-order valence-corrected chi connectivity index (χ4v) is 2.68. The van der Waals surface area contributed by atoms with Crippen LogP contribution in [0.4, 0.5) is 0 Å². The van der Waals surface area contributed by atoms with Crippen molar-refractivity contribution in [3.05, 3.63) is 21.9 Å². The van der Waals surface area contributed by atoms with E-state index >= 15 is 0 Å². The molecule has 6 heteroatoms. The van der Waals surface area contributed by atoms with E-state index in [1.54, 1.807) is 11.9 Å². The molecule has 1 aliphatic heterocycles. The molecule has 0 unspecified atom stereocenters. The summed E-state index contributed by atoms with van der Waals surface area (Å²) in [4.78, 5) is 28.4. The van der Waals surface area contributed by atoms with Crippen molar-refractivity contribution in [2.75, 3.05) is 26.7 Å². The molecule has 0 saturated carbocycles.